The molecule has 5 aliphatic heterocycles. The summed E-state index contributed by atoms with van der Waals surface area (Å²) in [5, 5.41) is 125. The largest absolute Gasteiger partial charge is 0.504 e. The van der Waals surface area contributed by atoms with Crippen molar-refractivity contribution in [3.8, 4) is 33.2 Å². The number of phenolic OH excluding ortho intramolecular Hbond substituents is 1. The van der Waals surface area contributed by atoms with Gasteiger partial charge < -0.3 is 106 Å². The van der Waals surface area contributed by atoms with Crippen molar-refractivity contribution in [2.45, 2.75) is 182 Å². The number of fused-ring (bicyclic) bond motifs is 2. The second-order valence-electron chi connectivity index (χ2n) is 27.4. The minimum absolute atomic E-state index is 0.0611. The Labute approximate surface area is 593 Å². The van der Waals surface area contributed by atoms with Gasteiger partial charge in [0.15, 0.2) is 11.5 Å². The van der Waals surface area contributed by atoms with Crippen LogP contribution in [0.4, 0.5) is 11.1 Å². The van der Waals surface area contributed by atoms with E-state index < -0.39 is 194 Å². The van der Waals surface area contributed by atoms with Gasteiger partial charge in [-0.3, -0.25) is 33.3 Å². The van der Waals surface area contributed by atoms with Crippen LogP contribution in [0.3, 0.4) is 0 Å². The van der Waals surface area contributed by atoms with Crippen LogP contribution < -0.4 is 45.9 Å². The highest BCUT2D eigenvalue weighted by atomic mass is 32.3. The van der Waals surface area contributed by atoms with Crippen LogP contribution >= 0.6 is 11.3 Å². The number of amides is 6. The molecule has 16 N–H and O–H groups in total. The van der Waals surface area contributed by atoms with Crippen LogP contribution in [0.25, 0.3) is 21.7 Å². The van der Waals surface area contributed by atoms with Crippen LogP contribution in [-0.4, -0.2) is 288 Å². The van der Waals surface area contributed by atoms with Crippen molar-refractivity contribution < 1.29 is 96.6 Å². The minimum atomic E-state index is -5.23. The van der Waals surface area contributed by atoms with Crippen molar-refractivity contribution in [3.63, 3.8) is 0 Å². The van der Waals surface area contributed by atoms with E-state index in [0.29, 0.717) is 48.1 Å². The molecule has 34 nitrogen and oxygen atoms in total. The second kappa shape index (κ2) is 34.9. The van der Waals surface area contributed by atoms with E-state index in [0.717, 1.165) is 83.5 Å². The second-order valence-corrected chi connectivity index (χ2v) is 29.4. The average molecular weight is 1470 g/mol. The van der Waals surface area contributed by atoms with E-state index in [-0.39, 0.29) is 37.2 Å². The SMILES string of the molecule is C[C@@H](O)[C@@H]1NC(=O)[C@@H](NCC2CCN(c3nnc(-c4ccc(-c5cnc(N6CCC(OC7CCCC7)CC6)nc5)cc4)s3)CC2)C[C@@H](O)CNC(=O)[C@@H]2[C@@H](O)[C@@H](C)CN2C(=O)[C@H]([C@H](O)CCNC(CO)CO)NC(=O)[C@H]([C@H](O)Cc2ccc(O)c(OS(=O)(=O)O)c2)NC(=O)[C@@H]2C[C@@H](O)CN2C1=O. The maximum atomic E-state index is 15.0. The number of aliphatic hydroxyl groups is 8. The van der Waals surface area contributed by atoms with Gasteiger partial charge in [-0.1, -0.05) is 61.4 Å². The summed E-state index contributed by atoms with van der Waals surface area (Å²) < 4.78 is 43.5. The van der Waals surface area contributed by atoms with E-state index in [1.54, 1.807) is 0 Å². The molecule has 10 rings (SSSR count). The van der Waals surface area contributed by atoms with Gasteiger partial charge in [-0.25, -0.2) is 9.97 Å². The van der Waals surface area contributed by atoms with Crippen LogP contribution in [0.2, 0.25) is 0 Å². The van der Waals surface area contributed by atoms with Gasteiger partial charge in [0.05, 0.1) is 74.1 Å². The van der Waals surface area contributed by atoms with Crippen LogP contribution in [0.15, 0.2) is 54.9 Å². The first-order valence-electron chi connectivity index (χ1n) is 34.7. The van der Waals surface area contributed by atoms with Gasteiger partial charge in [-0.15, -0.1) is 10.2 Å². The number of β-amino-alcohol motifs (C(OH)–C–C–N with tert-alkyl or cyclic N) is 1. The predicted octanol–water partition coefficient (Wildman–Crippen LogP) is -3.17. The molecule has 13 atom stereocenters. The van der Waals surface area contributed by atoms with E-state index in [2.05, 4.69) is 56.1 Å². The van der Waals surface area contributed by atoms with Crippen molar-refractivity contribution in [1.29, 1.82) is 0 Å². The fraction of sp³-hybridized carbons (Fsp3) is 0.636. The number of rotatable bonds is 22. The first-order valence-corrected chi connectivity index (χ1v) is 36.9. The fourth-order valence-electron chi connectivity index (χ4n) is 14.0. The average Bonchev–Trinajstić information content (AvgIpc) is 1.63. The summed E-state index contributed by atoms with van der Waals surface area (Å²) in [6, 6.07) is -0.941. The number of anilines is 2. The molecule has 4 aromatic rings. The molecule has 1 aliphatic carbocycles. The molecule has 5 saturated heterocycles. The number of nitrogens with one attached hydrogen (secondary N) is 6. The van der Waals surface area contributed by atoms with Crippen molar-refractivity contribution in [2.24, 2.45) is 11.8 Å². The molecule has 6 aliphatic rings. The molecule has 0 bridgehead atoms. The smallest absolute Gasteiger partial charge is 0.446 e. The normalized spacial score (nSPS) is 27.0. The third kappa shape index (κ3) is 19.7. The number of carbonyl (C=O) groups is 6. The highest BCUT2D eigenvalue weighted by Crippen LogP contribution is 2.35. The van der Waals surface area contributed by atoms with Gasteiger partial charge in [0.1, 0.15) is 35.2 Å². The Bertz CT molecular complexity index is 3620. The molecule has 0 spiro atoms. The standard InChI is InChI=1S/C66H94N14O20S2/c1-35-31-80-56(57(35)89)61(93)69-30-43(84)25-47(68-27-37-14-19-78(20-15-37)66-76-75-62(101-66)40-10-8-39(9-11-40)41-28-70-65(71-29-41)77-21-16-46(17-22-77)99-45-5-3-4-6-45)58(90)72-53(36(2)83)63(94)79-32-44(85)26-48(79)59(91)73-54(51(88)23-38-7-12-49(86)52(24-38)100-102(96,97)98)60(92)74-55(64(80)95)50(87)13-18-67-42(33-81)34-82/h7-12,24,28-29,35-37,42-48,50-51,53-57,67-68,81-89H,3-6,13-23,25-27,30-34H2,1-2H3,(H,69,93)(H,72,90)(H,73,91)(H,74,92)(H,96,97,98)/t35-,36+,43+,44+,47-,48-,50+,51+,53-,54-,55-,56-,57-/m0/s1. The number of hydrogen-bond donors (Lipinski definition) is 16. The molecule has 2 aromatic heterocycles. The number of hydrogen-bond acceptors (Lipinski definition) is 28. The number of aromatic nitrogens is 4. The molecule has 7 heterocycles. The van der Waals surface area contributed by atoms with Gasteiger partial charge in [0, 0.05) is 88.1 Å². The zero-order valence-corrected chi connectivity index (χ0v) is 58.4. The summed E-state index contributed by atoms with van der Waals surface area (Å²) in [6.07, 6.45) is -0.0527. The highest BCUT2D eigenvalue weighted by Gasteiger charge is 2.50. The highest BCUT2D eigenvalue weighted by molar-refractivity contribution is 7.81. The number of aliphatic hydroxyl groups excluding tert-OH is 8. The molecule has 6 fully saturated rings. The number of ether oxygens (including phenoxy) is 1. The monoisotopic (exact) mass is 1470 g/mol. The Balaban J connectivity index is 0.840. The maximum Gasteiger partial charge on any atom is 0.446 e. The van der Waals surface area contributed by atoms with E-state index >= 15 is 0 Å². The lowest BCUT2D eigenvalue weighted by atomic mass is 9.96. The van der Waals surface area contributed by atoms with E-state index in [9.17, 15) is 87.7 Å². The van der Waals surface area contributed by atoms with E-state index in [1.807, 2.05) is 36.7 Å². The van der Waals surface area contributed by atoms with Crippen molar-refractivity contribution >= 4 is 68.3 Å². The predicted molar refractivity (Wildman–Crippen MR) is 366 cm³/mol. The van der Waals surface area contributed by atoms with E-state index in [4.69, 9.17) is 14.7 Å². The molecule has 102 heavy (non-hydrogen) atoms. The zero-order chi connectivity index (χ0) is 73.1. The van der Waals surface area contributed by atoms with Crippen molar-refractivity contribution in [2.75, 3.05) is 81.9 Å². The Kier molecular flexibility index (Phi) is 26.4. The van der Waals surface area contributed by atoms with Crippen molar-refractivity contribution in [3.05, 3.63) is 60.4 Å². The summed E-state index contributed by atoms with van der Waals surface area (Å²) >= 11 is 1.44. The first-order chi connectivity index (χ1) is 48.7. The molecular weight excluding hydrogens is 1370 g/mol. The van der Waals surface area contributed by atoms with Crippen LogP contribution in [-0.2, 0) is 50.3 Å². The summed E-state index contributed by atoms with van der Waals surface area (Å²) in [7, 11) is -5.23. The molecule has 2 aromatic carbocycles. The number of nitrogens with zero attached hydrogens (tertiary/aromatic N) is 8. The van der Waals surface area contributed by atoms with Crippen LogP contribution in [0.1, 0.15) is 90.0 Å². The van der Waals surface area contributed by atoms with Gasteiger partial charge >= 0.3 is 10.4 Å². The van der Waals surface area contributed by atoms with E-state index in [1.165, 1.54) is 38.0 Å². The lowest BCUT2D eigenvalue weighted by Gasteiger charge is -2.34. The Morgan fingerprint density at radius 3 is 2.01 bits per heavy atom. The number of piperidine rings is 2. The molecular formula is C66H94N14O20S2. The summed E-state index contributed by atoms with van der Waals surface area (Å²) in [5.74, 6) is -8.58. The topological polar surface area (TPSA) is 494 Å². The van der Waals surface area contributed by atoms with Gasteiger partial charge in [0.2, 0.25) is 46.5 Å². The first kappa shape index (κ1) is 77.2. The molecule has 560 valence electrons. The Morgan fingerprint density at radius 2 is 1.34 bits per heavy atom. The van der Waals surface area contributed by atoms with Gasteiger partial charge in [-0.2, -0.15) is 8.42 Å². The molecule has 1 saturated carbocycles. The lowest BCUT2D eigenvalue weighted by molar-refractivity contribution is -0.147. The fourth-order valence-corrected chi connectivity index (χ4v) is 15.3. The summed E-state index contributed by atoms with van der Waals surface area (Å²) in [6.45, 7) is 2.89. The third-order valence-corrected chi connectivity index (χ3v) is 21.3. The number of aromatic hydroxyl groups is 1. The third-order valence-electron chi connectivity index (χ3n) is 19.9. The Morgan fingerprint density at radius 1 is 0.706 bits per heavy atom. The lowest BCUT2D eigenvalue weighted by Crippen LogP contribution is -2.64. The summed E-state index contributed by atoms with van der Waals surface area (Å²) in [4.78, 5) is 104. The van der Waals surface area contributed by atoms with Crippen molar-refractivity contribution in [1.82, 2.24) is 61.9 Å². The maximum absolute atomic E-state index is 15.0. The number of carbonyl (C=O) groups excluding carboxylic acids is 6. The van der Waals surface area contributed by atoms with Crippen LogP contribution in [0.5, 0.6) is 11.5 Å². The molecule has 0 radical (unpaired) electrons. The molecule has 0 unspecified atom stereocenters. The zero-order valence-electron chi connectivity index (χ0n) is 56.7. The Hall–Kier alpha value is -7.43. The summed E-state index contributed by atoms with van der Waals surface area (Å²) in [5.41, 5.74) is 2.60. The van der Waals surface area contributed by atoms with Gasteiger partial charge in [0.25, 0.3) is 0 Å². The minimum Gasteiger partial charge on any atom is -0.504 e. The number of benzene rings is 2. The number of phenols is 1. The van der Waals surface area contributed by atoms with Gasteiger partial charge in [-0.05, 0) is 101 Å². The quantitative estimate of drug-likeness (QED) is 0.0345. The van der Waals surface area contributed by atoms with Crippen LogP contribution in [0, 0.1) is 11.8 Å². The molecule has 36 heteroatoms. The molecule has 6 amide bonds.